The van der Waals surface area contributed by atoms with Crippen molar-refractivity contribution in [2.75, 3.05) is 0 Å². The van der Waals surface area contributed by atoms with Gasteiger partial charge in [-0.15, -0.1) is 6.58 Å². The highest BCUT2D eigenvalue weighted by atomic mass is 32.2. The van der Waals surface area contributed by atoms with Crippen LogP contribution in [0.15, 0.2) is 24.1 Å². The number of rotatable bonds is 4. The lowest BCUT2D eigenvalue weighted by molar-refractivity contribution is 0.449. The minimum absolute atomic E-state index is 0.0245. The van der Waals surface area contributed by atoms with Crippen molar-refractivity contribution >= 4 is 16.2 Å². The number of hydrogen-bond donors (Lipinski definition) is 1. The van der Waals surface area contributed by atoms with Crippen molar-refractivity contribution in [1.82, 2.24) is 0 Å². The second-order valence-corrected chi connectivity index (χ2v) is 5.00. The van der Waals surface area contributed by atoms with E-state index in [-0.39, 0.29) is 23.1 Å². The zero-order chi connectivity index (χ0) is 14.1. The van der Waals surface area contributed by atoms with Crippen molar-refractivity contribution in [1.29, 1.82) is 0 Å². The summed E-state index contributed by atoms with van der Waals surface area (Å²) in [5, 5.41) is 0. The quantitative estimate of drug-likeness (QED) is 0.678. The monoisotopic (exact) mass is 274 g/mol. The summed E-state index contributed by atoms with van der Waals surface area (Å²) in [6, 6.07) is 0. The van der Waals surface area contributed by atoms with Gasteiger partial charge in [-0.1, -0.05) is 18.7 Å². The fourth-order valence-corrected chi connectivity index (χ4v) is 2.60. The Bertz CT molecular complexity index is 619. The molecule has 0 aliphatic heterocycles. The minimum Gasteiger partial charge on any atom is -0.282 e. The first kappa shape index (κ1) is 14.5. The zero-order valence-corrected chi connectivity index (χ0v) is 10.5. The van der Waals surface area contributed by atoms with Crippen LogP contribution in [0.1, 0.15) is 16.7 Å². The van der Waals surface area contributed by atoms with E-state index >= 15 is 0 Å². The van der Waals surface area contributed by atoms with Crippen molar-refractivity contribution in [2.45, 2.75) is 18.2 Å². The molecule has 0 spiro atoms. The van der Waals surface area contributed by atoms with Crippen LogP contribution in [0.4, 0.5) is 8.78 Å². The summed E-state index contributed by atoms with van der Waals surface area (Å²) < 4.78 is 58.5. The summed E-state index contributed by atoms with van der Waals surface area (Å²) in [5.41, 5.74) is 0.0204. The van der Waals surface area contributed by atoms with Gasteiger partial charge in [-0.05, 0) is 24.5 Å². The molecule has 0 saturated carbocycles. The third-order valence-electron chi connectivity index (χ3n) is 2.54. The maximum atomic E-state index is 13.8. The van der Waals surface area contributed by atoms with E-state index in [0.717, 1.165) is 0 Å². The van der Waals surface area contributed by atoms with Crippen molar-refractivity contribution in [2.24, 2.45) is 0 Å². The first-order valence-corrected chi connectivity index (χ1v) is 6.41. The highest BCUT2D eigenvalue weighted by Gasteiger charge is 2.27. The average molecular weight is 274 g/mol. The van der Waals surface area contributed by atoms with Gasteiger partial charge in [0.05, 0.1) is 0 Å². The SMILES string of the molecule is C=CCc1c(F)c(F)c(S(=O)(=O)O)c(C)c1C=C. The molecule has 0 aliphatic rings. The van der Waals surface area contributed by atoms with Gasteiger partial charge in [0.1, 0.15) is 4.90 Å². The van der Waals surface area contributed by atoms with Crippen molar-refractivity contribution in [3.63, 3.8) is 0 Å². The van der Waals surface area contributed by atoms with Crippen LogP contribution in [0.2, 0.25) is 0 Å². The van der Waals surface area contributed by atoms with Crippen LogP contribution in [0, 0.1) is 18.6 Å². The van der Waals surface area contributed by atoms with Gasteiger partial charge in [-0.3, -0.25) is 4.55 Å². The van der Waals surface area contributed by atoms with E-state index in [1.807, 2.05) is 0 Å². The van der Waals surface area contributed by atoms with E-state index in [0.29, 0.717) is 0 Å². The molecule has 1 rings (SSSR count). The van der Waals surface area contributed by atoms with E-state index in [2.05, 4.69) is 13.2 Å². The Hall–Kier alpha value is -1.53. The molecule has 0 heterocycles. The van der Waals surface area contributed by atoms with Crippen molar-refractivity contribution in [3.05, 3.63) is 47.6 Å². The molecule has 0 amide bonds. The lowest BCUT2D eigenvalue weighted by atomic mass is 9.98. The van der Waals surface area contributed by atoms with Crippen LogP contribution in [0.3, 0.4) is 0 Å². The largest absolute Gasteiger partial charge is 0.297 e. The van der Waals surface area contributed by atoms with E-state index < -0.39 is 26.6 Å². The van der Waals surface area contributed by atoms with Crippen LogP contribution >= 0.6 is 0 Å². The second-order valence-electron chi connectivity index (χ2n) is 3.65. The van der Waals surface area contributed by atoms with E-state index in [9.17, 15) is 17.2 Å². The van der Waals surface area contributed by atoms with Crippen LogP contribution in [-0.2, 0) is 16.5 Å². The lowest BCUT2D eigenvalue weighted by Gasteiger charge is -2.14. The Labute approximate surface area is 104 Å². The Morgan fingerprint density at radius 3 is 2.22 bits per heavy atom. The Morgan fingerprint density at radius 1 is 1.28 bits per heavy atom. The summed E-state index contributed by atoms with van der Waals surface area (Å²) in [5.74, 6) is -2.90. The van der Waals surface area contributed by atoms with Crippen molar-refractivity contribution in [3.8, 4) is 0 Å². The standard InChI is InChI=1S/C12H12F2O3S/c1-4-6-9-8(5-2)7(3)12(18(15,16)17)11(14)10(9)13/h4-5H,1-2,6H2,3H3,(H,15,16,17). The predicted molar refractivity (Wildman–Crippen MR) is 64.9 cm³/mol. The van der Waals surface area contributed by atoms with Crippen LogP contribution < -0.4 is 0 Å². The molecule has 0 radical (unpaired) electrons. The predicted octanol–water partition coefficient (Wildman–Crippen LogP) is 2.89. The van der Waals surface area contributed by atoms with Gasteiger partial charge in [0.2, 0.25) is 0 Å². The van der Waals surface area contributed by atoms with Crippen molar-refractivity contribution < 1.29 is 21.8 Å². The van der Waals surface area contributed by atoms with Crippen LogP contribution in [0.25, 0.3) is 6.08 Å². The fraction of sp³-hybridized carbons (Fsp3) is 0.167. The van der Waals surface area contributed by atoms with Gasteiger partial charge in [-0.2, -0.15) is 8.42 Å². The lowest BCUT2D eigenvalue weighted by Crippen LogP contribution is -2.11. The summed E-state index contributed by atoms with van der Waals surface area (Å²) in [4.78, 5) is -1.05. The number of allylic oxidation sites excluding steroid dienone is 1. The highest BCUT2D eigenvalue weighted by Crippen LogP contribution is 2.30. The van der Waals surface area contributed by atoms with E-state index in [1.165, 1.54) is 19.1 Å². The van der Waals surface area contributed by atoms with E-state index in [4.69, 9.17) is 4.55 Å². The molecule has 0 atom stereocenters. The topological polar surface area (TPSA) is 54.4 Å². The maximum Gasteiger partial charge on any atom is 0.297 e. The summed E-state index contributed by atoms with van der Waals surface area (Å²) >= 11 is 0. The third kappa shape index (κ3) is 2.34. The molecule has 1 N–H and O–H groups in total. The molecule has 18 heavy (non-hydrogen) atoms. The van der Waals surface area contributed by atoms with Crippen LogP contribution in [-0.4, -0.2) is 13.0 Å². The van der Waals surface area contributed by atoms with Gasteiger partial charge in [0.25, 0.3) is 10.1 Å². The molecule has 1 aromatic rings. The molecule has 98 valence electrons. The molecule has 0 bridgehead atoms. The molecule has 6 heteroatoms. The number of hydrogen-bond acceptors (Lipinski definition) is 2. The van der Waals surface area contributed by atoms with E-state index in [1.54, 1.807) is 0 Å². The molecular formula is C12H12F2O3S. The first-order valence-electron chi connectivity index (χ1n) is 4.96. The minimum atomic E-state index is -4.84. The van der Waals surface area contributed by atoms with Gasteiger partial charge in [0, 0.05) is 5.56 Å². The molecule has 0 saturated heterocycles. The highest BCUT2D eigenvalue weighted by molar-refractivity contribution is 7.85. The third-order valence-corrected chi connectivity index (χ3v) is 3.54. The normalized spacial score (nSPS) is 11.3. The summed E-state index contributed by atoms with van der Waals surface area (Å²) in [7, 11) is -4.84. The molecule has 0 aliphatic carbocycles. The second kappa shape index (κ2) is 4.99. The number of benzene rings is 1. The molecule has 3 nitrogen and oxygen atoms in total. The Balaban J connectivity index is 3.87. The zero-order valence-electron chi connectivity index (χ0n) is 9.70. The average Bonchev–Trinajstić information content (AvgIpc) is 2.24. The van der Waals surface area contributed by atoms with Crippen LogP contribution in [0.5, 0.6) is 0 Å². The smallest absolute Gasteiger partial charge is 0.282 e. The molecular weight excluding hydrogens is 262 g/mol. The maximum absolute atomic E-state index is 13.8. The molecule has 0 fully saturated rings. The Morgan fingerprint density at radius 2 is 1.83 bits per heavy atom. The van der Waals surface area contributed by atoms with Gasteiger partial charge in [-0.25, -0.2) is 8.78 Å². The van der Waals surface area contributed by atoms with Gasteiger partial charge >= 0.3 is 0 Å². The number of halogens is 2. The molecule has 0 unspecified atom stereocenters. The Kier molecular flexibility index (Phi) is 4.03. The summed E-state index contributed by atoms with van der Waals surface area (Å²) in [6.07, 6.45) is 2.60. The molecule has 1 aromatic carbocycles. The summed E-state index contributed by atoms with van der Waals surface area (Å²) in [6.45, 7) is 8.11. The first-order chi connectivity index (χ1) is 8.25. The molecule has 0 aromatic heterocycles. The van der Waals surface area contributed by atoms with Gasteiger partial charge in [0.15, 0.2) is 11.6 Å². The fourth-order valence-electron chi connectivity index (χ4n) is 1.79. The van der Waals surface area contributed by atoms with Gasteiger partial charge < -0.3 is 0 Å².